The third-order valence-electron chi connectivity index (χ3n) is 3.49. The second-order valence-corrected chi connectivity index (χ2v) is 5.74. The van der Waals surface area contributed by atoms with Gasteiger partial charge in [-0.15, -0.1) is 0 Å². The van der Waals surface area contributed by atoms with E-state index in [1.165, 1.54) is 4.57 Å². The van der Waals surface area contributed by atoms with E-state index in [1.807, 2.05) is 0 Å². The molecule has 1 aromatic heterocycles. The first-order valence-electron chi connectivity index (χ1n) is 6.61. The Morgan fingerprint density at radius 3 is 2.41 bits per heavy atom. The second-order valence-electron chi connectivity index (χ2n) is 4.93. The highest BCUT2D eigenvalue weighted by molar-refractivity contribution is 6.42. The highest BCUT2D eigenvalue weighted by Gasteiger charge is 2.09. The molecule has 0 bridgehead atoms. The van der Waals surface area contributed by atoms with E-state index in [-0.39, 0.29) is 5.56 Å². The van der Waals surface area contributed by atoms with Gasteiger partial charge in [0.15, 0.2) is 6.29 Å². The summed E-state index contributed by atoms with van der Waals surface area (Å²) in [5.41, 5.74) is 1.17. The largest absolute Gasteiger partial charge is 0.310 e. The highest BCUT2D eigenvalue weighted by atomic mass is 35.5. The molecule has 0 saturated heterocycles. The molecule has 1 heterocycles. The van der Waals surface area contributed by atoms with Crippen molar-refractivity contribution < 1.29 is 4.79 Å². The predicted octanol–water partition coefficient (Wildman–Crippen LogP) is 4.17. The van der Waals surface area contributed by atoms with Gasteiger partial charge < -0.3 is 4.57 Å². The van der Waals surface area contributed by atoms with Gasteiger partial charge in [-0.3, -0.25) is 9.59 Å². The summed E-state index contributed by atoms with van der Waals surface area (Å²) in [6.45, 7) is 0.321. The molecular weight excluding hydrogens is 321 g/mol. The number of nitrogens with zero attached hydrogens (tertiary/aromatic N) is 1. The van der Waals surface area contributed by atoms with E-state index < -0.39 is 0 Å². The molecule has 0 saturated carbocycles. The topological polar surface area (TPSA) is 39.1 Å². The maximum atomic E-state index is 12.5. The van der Waals surface area contributed by atoms with Crippen LogP contribution in [-0.2, 0) is 6.54 Å². The number of hydrogen-bond acceptors (Lipinski definition) is 2. The Labute approximate surface area is 136 Å². The maximum Gasteiger partial charge on any atom is 0.258 e. The summed E-state index contributed by atoms with van der Waals surface area (Å²) in [4.78, 5) is 23.8. The first-order valence-corrected chi connectivity index (χ1v) is 7.37. The molecule has 0 unspecified atom stereocenters. The molecule has 110 valence electrons. The maximum absolute atomic E-state index is 12.5. The van der Waals surface area contributed by atoms with Crippen LogP contribution in [0, 0.1) is 0 Å². The van der Waals surface area contributed by atoms with E-state index in [9.17, 15) is 9.59 Å². The summed E-state index contributed by atoms with van der Waals surface area (Å²) in [6, 6.07) is 12.3. The quantitative estimate of drug-likeness (QED) is 0.675. The molecule has 22 heavy (non-hydrogen) atoms. The fourth-order valence-corrected chi connectivity index (χ4v) is 2.74. The van der Waals surface area contributed by atoms with Crippen LogP contribution in [0.15, 0.2) is 53.5 Å². The monoisotopic (exact) mass is 331 g/mol. The van der Waals surface area contributed by atoms with Crippen molar-refractivity contribution in [2.24, 2.45) is 0 Å². The van der Waals surface area contributed by atoms with Crippen molar-refractivity contribution in [3.05, 3.63) is 80.2 Å². The van der Waals surface area contributed by atoms with Gasteiger partial charge in [0, 0.05) is 17.1 Å². The minimum absolute atomic E-state index is 0.146. The molecule has 0 spiro atoms. The Morgan fingerprint density at radius 1 is 1.00 bits per heavy atom. The number of carbonyl (C=O) groups excluding carboxylic acids is 1. The predicted molar refractivity (Wildman–Crippen MR) is 89.2 cm³/mol. The minimum atomic E-state index is -0.146. The van der Waals surface area contributed by atoms with Crippen molar-refractivity contribution in [2.45, 2.75) is 6.54 Å². The van der Waals surface area contributed by atoms with Gasteiger partial charge in [-0.05, 0) is 29.1 Å². The van der Waals surface area contributed by atoms with Crippen molar-refractivity contribution in [1.29, 1.82) is 0 Å². The van der Waals surface area contributed by atoms with Crippen molar-refractivity contribution in [2.75, 3.05) is 0 Å². The lowest BCUT2D eigenvalue weighted by Gasteiger charge is -2.10. The van der Waals surface area contributed by atoms with Crippen LogP contribution < -0.4 is 5.56 Å². The standard InChI is InChI=1S/C17H11Cl2NO2/c18-15-6-5-11(7-16(15)19)8-20-9-12(10-21)13-3-1-2-4-14(13)17(20)22/h1-7,9-10H,8H2. The number of aldehydes is 1. The Balaban J connectivity index is 2.14. The molecule has 2 aromatic carbocycles. The number of carbonyl (C=O) groups is 1. The van der Waals surface area contributed by atoms with E-state index in [1.54, 1.807) is 48.7 Å². The zero-order chi connectivity index (χ0) is 15.7. The summed E-state index contributed by atoms with van der Waals surface area (Å²) >= 11 is 11.9. The Bertz CT molecular complexity index is 932. The van der Waals surface area contributed by atoms with Gasteiger partial charge in [-0.1, -0.05) is 47.5 Å². The van der Waals surface area contributed by atoms with Crippen LogP contribution in [-0.4, -0.2) is 10.9 Å². The molecule has 0 fully saturated rings. The van der Waals surface area contributed by atoms with Gasteiger partial charge in [0.25, 0.3) is 5.56 Å². The van der Waals surface area contributed by atoms with Crippen LogP contribution in [0.25, 0.3) is 10.8 Å². The smallest absolute Gasteiger partial charge is 0.258 e. The molecular formula is C17H11Cl2NO2. The van der Waals surface area contributed by atoms with Crippen molar-refractivity contribution in [3.8, 4) is 0 Å². The molecule has 5 heteroatoms. The zero-order valence-electron chi connectivity index (χ0n) is 11.4. The van der Waals surface area contributed by atoms with E-state index in [2.05, 4.69) is 0 Å². The third-order valence-corrected chi connectivity index (χ3v) is 4.23. The average molecular weight is 332 g/mol. The fourth-order valence-electron chi connectivity index (χ4n) is 2.42. The summed E-state index contributed by atoms with van der Waals surface area (Å²) < 4.78 is 1.51. The Kier molecular flexibility index (Phi) is 4.01. The fraction of sp³-hybridized carbons (Fsp3) is 0.0588. The first kappa shape index (κ1) is 14.8. The molecule has 3 aromatic rings. The van der Waals surface area contributed by atoms with Crippen LogP contribution >= 0.6 is 23.2 Å². The van der Waals surface area contributed by atoms with Crippen molar-refractivity contribution in [1.82, 2.24) is 4.57 Å². The van der Waals surface area contributed by atoms with Crippen LogP contribution in [0.5, 0.6) is 0 Å². The van der Waals surface area contributed by atoms with E-state index >= 15 is 0 Å². The number of fused-ring (bicyclic) bond motifs is 1. The molecule has 0 radical (unpaired) electrons. The summed E-state index contributed by atoms with van der Waals surface area (Å²) in [5, 5.41) is 2.08. The van der Waals surface area contributed by atoms with Crippen LogP contribution in [0.3, 0.4) is 0 Å². The first-order chi connectivity index (χ1) is 10.6. The third kappa shape index (κ3) is 2.65. The van der Waals surface area contributed by atoms with Gasteiger partial charge in [-0.25, -0.2) is 0 Å². The van der Waals surface area contributed by atoms with Crippen LogP contribution in [0.1, 0.15) is 15.9 Å². The number of rotatable bonds is 3. The summed E-state index contributed by atoms with van der Waals surface area (Å²) in [6.07, 6.45) is 2.33. The number of aromatic nitrogens is 1. The molecule has 3 nitrogen and oxygen atoms in total. The van der Waals surface area contributed by atoms with Gasteiger partial charge in [0.1, 0.15) is 0 Å². The van der Waals surface area contributed by atoms with Gasteiger partial charge in [-0.2, -0.15) is 0 Å². The SMILES string of the molecule is O=Cc1cn(Cc2ccc(Cl)c(Cl)c2)c(=O)c2ccccc12. The average Bonchev–Trinajstić information content (AvgIpc) is 2.53. The molecule has 0 N–H and O–H groups in total. The van der Waals surface area contributed by atoms with E-state index in [0.29, 0.717) is 32.9 Å². The zero-order valence-corrected chi connectivity index (χ0v) is 12.9. The normalized spacial score (nSPS) is 10.8. The van der Waals surface area contributed by atoms with Gasteiger partial charge in [0.2, 0.25) is 0 Å². The molecule has 0 aliphatic carbocycles. The van der Waals surface area contributed by atoms with Gasteiger partial charge >= 0.3 is 0 Å². The lowest BCUT2D eigenvalue weighted by atomic mass is 10.1. The lowest BCUT2D eigenvalue weighted by molar-refractivity contribution is 0.112. The summed E-state index contributed by atoms with van der Waals surface area (Å²) in [5.74, 6) is 0. The highest BCUT2D eigenvalue weighted by Crippen LogP contribution is 2.23. The van der Waals surface area contributed by atoms with Crippen molar-refractivity contribution in [3.63, 3.8) is 0 Å². The molecule has 0 aliphatic heterocycles. The van der Waals surface area contributed by atoms with Crippen LogP contribution in [0.2, 0.25) is 10.0 Å². The second kappa shape index (κ2) is 5.95. The van der Waals surface area contributed by atoms with E-state index in [4.69, 9.17) is 23.2 Å². The molecule has 0 atom stereocenters. The van der Waals surface area contributed by atoms with Crippen LogP contribution in [0.4, 0.5) is 0 Å². The van der Waals surface area contributed by atoms with Crippen molar-refractivity contribution >= 4 is 40.3 Å². The molecule has 3 rings (SSSR count). The minimum Gasteiger partial charge on any atom is -0.310 e. The van der Waals surface area contributed by atoms with Gasteiger partial charge in [0.05, 0.1) is 16.6 Å². The molecule has 0 aliphatic rings. The lowest BCUT2D eigenvalue weighted by Crippen LogP contribution is -2.21. The summed E-state index contributed by atoms with van der Waals surface area (Å²) in [7, 11) is 0. The Hall–Kier alpha value is -2.10. The Morgan fingerprint density at radius 2 is 1.73 bits per heavy atom. The van der Waals surface area contributed by atoms with E-state index in [0.717, 1.165) is 11.8 Å². The number of halogens is 2. The molecule has 0 amide bonds. The number of benzene rings is 2. The number of hydrogen-bond donors (Lipinski definition) is 0. The number of pyridine rings is 1.